The summed E-state index contributed by atoms with van der Waals surface area (Å²) in [5.41, 5.74) is 7.09. The maximum Gasteiger partial charge on any atom is 0.240 e. The van der Waals surface area contributed by atoms with E-state index in [9.17, 15) is 4.79 Å². The molecule has 2 N–H and O–H groups in total. The van der Waals surface area contributed by atoms with E-state index in [1.807, 2.05) is 43.0 Å². The molecule has 0 bridgehead atoms. The summed E-state index contributed by atoms with van der Waals surface area (Å²) in [7, 11) is 0. The van der Waals surface area contributed by atoms with Gasteiger partial charge in [-0.05, 0) is 36.5 Å². The molecule has 1 atom stereocenters. The SMILES string of the molecule is CC(C)C(N)C(=O)N(Cc1ccc(Cl)cc1)C1CC1. The number of nitrogens with zero attached hydrogens (tertiary/aromatic N) is 1. The molecule has 19 heavy (non-hydrogen) atoms. The van der Waals surface area contributed by atoms with Crippen LogP contribution in [0.2, 0.25) is 5.02 Å². The Bertz CT molecular complexity index is 440. The number of hydrogen-bond donors (Lipinski definition) is 1. The lowest BCUT2D eigenvalue weighted by atomic mass is 10.0. The van der Waals surface area contributed by atoms with Crippen LogP contribution in [0.4, 0.5) is 0 Å². The molecular weight excluding hydrogens is 260 g/mol. The van der Waals surface area contributed by atoms with E-state index in [1.165, 1.54) is 0 Å². The Morgan fingerprint density at radius 1 is 1.37 bits per heavy atom. The van der Waals surface area contributed by atoms with Gasteiger partial charge in [0.15, 0.2) is 0 Å². The van der Waals surface area contributed by atoms with Crippen LogP contribution < -0.4 is 5.73 Å². The minimum absolute atomic E-state index is 0.0625. The largest absolute Gasteiger partial charge is 0.334 e. The first-order valence-electron chi connectivity index (χ1n) is 6.79. The van der Waals surface area contributed by atoms with E-state index in [4.69, 9.17) is 17.3 Å². The van der Waals surface area contributed by atoms with Gasteiger partial charge in [0, 0.05) is 17.6 Å². The van der Waals surface area contributed by atoms with Gasteiger partial charge in [0.25, 0.3) is 0 Å². The van der Waals surface area contributed by atoms with Crippen molar-refractivity contribution in [3.05, 3.63) is 34.9 Å². The molecule has 4 heteroatoms. The number of rotatable bonds is 5. The number of carbonyl (C=O) groups is 1. The van der Waals surface area contributed by atoms with Crippen LogP contribution in [0.15, 0.2) is 24.3 Å². The van der Waals surface area contributed by atoms with Crippen LogP contribution in [0.5, 0.6) is 0 Å². The van der Waals surface area contributed by atoms with E-state index in [0.717, 1.165) is 18.4 Å². The van der Waals surface area contributed by atoms with Crippen molar-refractivity contribution in [1.82, 2.24) is 4.90 Å². The number of benzene rings is 1. The van der Waals surface area contributed by atoms with E-state index < -0.39 is 6.04 Å². The Hall–Kier alpha value is -1.06. The molecule has 0 radical (unpaired) electrons. The highest BCUT2D eigenvalue weighted by molar-refractivity contribution is 6.30. The summed E-state index contributed by atoms with van der Waals surface area (Å²) >= 11 is 5.88. The fraction of sp³-hybridized carbons (Fsp3) is 0.533. The summed E-state index contributed by atoms with van der Waals surface area (Å²) in [5.74, 6) is 0.228. The third-order valence-corrected chi connectivity index (χ3v) is 3.79. The third kappa shape index (κ3) is 3.71. The molecule has 1 aromatic rings. The summed E-state index contributed by atoms with van der Waals surface area (Å²) in [6, 6.07) is 7.60. The van der Waals surface area contributed by atoms with Gasteiger partial charge in [-0.2, -0.15) is 0 Å². The molecular formula is C15H21ClN2O. The third-order valence-electron chi connectivity index (χ3n) is 3.54. The van der Waals surface area contributed by atoms with Crippen molar-refractivity contribution in [3.8, 4) is 0 Å². The van der Waals surface area contributed by atoms with Crippen LogP contribution in [0.1, 0.15) is 32.3 Å². The topological polar surface area (TPSA) is 46.3 Å². The molecule has 0 aliphatic heterocycles. The van der Waals surface area contributed by atoms with Gasteiger partial charge >= 0.3 is 0 Å². The number of nitrogens with two attached hydrogens (primary N) is 1. The van der Waals surface area contributed by atoms with Gasteiger partial charge in [0.2, 0.25) is 5.91 Å². The van der Waals surface area contributed by atoms with Gasteiger partial charge in [-0.15, -0.1) is 0 Å². The van der Waals surface area contributed by atoms with E-state index in [2.05, 4.69) is 0 Å². The van der Waals surface area contributed by atoms with Crippen LogP contribution >= 0.6 is 11.6 Å². The fourth-order valence-electron chi connectivity index (χ4n) is 2.04. The molecule has 104 valence electrons. The highest BCUT2D eigenvalue weighted by Crippen LogP contribution is 2.29. The van der Waals surface area contributed by atoms with E-state index in [-0.39, 0.29) is 11.8 Å². The zero-order valence-corrected chi connectivity index (χ0v) is 12.2. The number of carbonyl (C=O) groups excluding carboxylic acids is 1. The molecule has 0 heterocycles. The monoisotopic (exact) mass is 280 g/mol. The predicted molar refractivity (Wildman–Crippen MR) is 77.8 cm³/mol. The van der Waals surface area contributed by atoms with Crippen molar-refractivity contribution in [2.24, 2.45) is 11.7 Å². The Balaban J connectivity index is 2.08. The molecule has 1 saturated carbocycles. The van der Waals surface area contributed by atoms with Crippen LogP contribution in [0, 0.1) is 5.92 Å². The fourth-order valence-corrected chi connectivity index (χ4v) is 2.16. The van der Waals surface area contributed by atoms with E-state index in [0.29, 0.717) is 17.6 Å². The number of hydrogen-bond acceptors (Lipinski definition) is 2. The van der Waals surface area contributed by atoms with Crippen LogP contribution in [0.3, 0.4) is 0 Å². The predicted octanol–water partition coefficient (Wildman–Crippen LogP) is 2.81. The van der Waals surface area contributed by atoms with Crippen molar-refractivity contribution < 1.29 is 4.79 Å². The van der Waals surface area contributed by atoms with Crippen molar-refractivity contribution in [2.75, 3.05) is 0 Å². The Kier molecular flexibility index (Phi) is 4.48. The smallest absolute Gasteiger partial charge is 0.240 e. The maximum atomic E-state index is 12.4. The Morgan fingerprint density at radius 3 is 2.42 bits per heavy atom. The standard InChI is InChI=1S/C15H21ClN2O/c1-10(2)14(17)15(19)18(13-7-8-13)9-11-3-5-12(16)6-4-11/h3-6,10,13-14H,7-9,17H2,1-2H3. The second-order valence-corrected chi connectivity index (χ2v) is 6.03. The van der Waals surface area contributed by atoms with Gasteiger partial charge < -0.3 is 10.6 Å². The highest BCUT2D eigenvalue weighted by Gasteiger charge is 2.35. The quantitative estimate of drug-likeness (QED) is 0.901. The molecule has 2 rings (SSSR count). The van der Waals surface area contributed by atoms with E-state index in [1.54, 1.807) is 0 Å². The van der Waals surface area contributed by atoms with Crippen molar-refractivity contribution in [3.63, 3.8) is 0 Å². The van der Waals surface area contributed by atoms with Crippen molar-refractivity contribution in [1.29, 1.82) is 0 Å². The second-order valence-electron chi connectivity index (χ2n) is 5.59. The van der Waals surface area contributed by atoms with Gasteiger partial charge in [-0.25, -0.2) is 0 Å². The molecule has 3 nitrogen and oxygen atoms in total. The summed E-state index contributed by atoms with van der Waals surface area (Å²) in [4.78, 5) is 14.3. The van der Waals surface area contributed by atoms with Crippen molar-refractivity contribution >= 4 is 17.5 Å². The Morgan fingerprint density at radius 2 is 1.95 bits per heavy atom. The molecule has 1 aliphatic rings. The minimum Gasteiger partial charge on any atom is -0.334 e. The van der Waals surface area contributed by atoms with Gasteiger partial charge in [0.1, 0.15) is 0 Å². The summed E-state index contributed by atoms with van der Waals surface area (Å²) in [6.45, 7) is 4.59. The molecule has 1 fully saturated rings. The highest BCUT2D eigenvalue weighted by atomic mass is 35.5. The van der Waals surface area contributed by atoms with Gasteiger partial charge in [-0.1, -0.05) is 37.6 Å². The minimum atomic E-state index is -0.409. The van der Waals surface area contributed by atoms with Crippen LogP contribution in [-0.2, 0) is 11.3 Å². The first-order chi connectivity index (χ1) is 8.99. The zero-order valence-electron chi connectivity index (χ0n) is 11.5. The zero-order chi connectivity index (χ0) is 14.0. The lowest BCUT2D eigenvalue weighted by Gasteiger charge is -2.27. The average molecular weight is 281 g/mol. The average Bonchev–Trinajstić information content (AvgIpc) is 3.20. The molecule has 0 spiro atoms. The van der Waals surface area contributed by atoms with Gasteiger partial charge in [-0.3, -0.25) is 4.79 Å². The molecule has 1 unspecified atom stereocenters. The van der Waals surface area contributed by atoms with E-state index >= 15 is 0 Å². The van der Waals surface area contributed by atoms with Gasteiger partial charge in [0.05, 0.1) is 6.04 Å². The number of amides is 1. The maximum absolute atomic E-state index is 12.4. The lowest BCUT2D eigenvalue weighted by molar-refractivity contribution is -0.134. The van der Waals surface area contributed by atoms with Crippen LogP contribution in [-0.4, -0.2) is 22.9 Å². The molecule has 0 saturated heterocycles. The second kappa shape index (κ2) is 5.93. The first kappa shape index (κ1) is 14.4. The molecule has 1 aliphatic carbocycles. The molecule has 1 amide bonds. The number of halogens is 1. The Labute approximate surface area is 119 Å². The lowest BCUT2D eigenvalue weighted by Crippen LogP contribution is -2.47. The summed E-state index contributed by atoms with van der Waals surface area (Å²) < 4.78 is 0. The normalized spacial score (nSPS) is 16.5. The molecule has 0 aromatic heterocycles. The first-order valence-corrected chi connectivity index (χ1v) is 7.17. The summed E-state index contributed by atoms with van der Waals surface area (Å²) in [6.07, 6.45) is 2.17. The molecule has 1 aromatic carbocycles. The van der Waals surface area contributed by atoms with Crippen LogP contribution in [0.25, 0.3) is 0 Å². The summed E-state index contributed by atoms with van der Waals surface area (Å²) in [5, 5.41) is 0.715. The van der Waals surface area contributed by atoms with Crippen molar-refractivity contribution in [2.45, 2.75) is 45.3 Å².